The van der Waals surface area contributed by atoms with E-state index in [2.05, 4.69) is 10.5 Å². The first kappa shape index (κ1) is 21.3. The Morgan fingerprint density at radius 1 is 1.20 bits per heavy atom. The van der Waals surface area contributed by atoms with Crippen LogP contribution in [-0.4, -0.2) is 31.6 Å². The van der Waals surface area contributed by atoms with Crippen LogP contribution < -0.4 is 5.32 Å². The minimum absolute atomic E-state index is 0.124. The average molecular weight is 432 g/mol. The van der Waals surface area contributed by atoms with Gasteiger partial charge in [0.25, 0.3) is 5.91 Å². The fourth-order valence-corrected chi connectivity index (χ4v) is 4.06. The molecule has 1 N–H and O–H groups in total. The number of sulfone groups is 1. The molecule has 0 bridgehead atoms. The van der Waals surface area contributed by atoms with E-state index in [9.17, 15) is 18.0 Å². The van der Waals surface area contributed by atoms with Crippen LogP contribution in [0.15, 0.2) is 62.6 Å². The predicted molar refractivity (Wildman–Crippen MR) is 105 cm³/mol. The molecule has 10 heteroatoms. The van der Waals surface area contributed by atoms with E-state index in [1.54, 1.807) is 32.0 Å². The maximum atomic E-state index is 12.6. The Morgan fingerprint density at radius 3 is 2.57 bits per heavy atom. The number of aromatic nitrogens is 1. The molecule has 30 heavy (non-hydrogen) atoms. The first-order valence-corrected chi connectivity index (χ1v) is 10.7. The second-order valence-corrected chi connectivity index (χ2v) is 8.45. The molecule has 1 amide bonds. The zero-order chi connectivity index (χ0) is 21.7. The fraction of sp³-hybridized carbons (Fsp3) is 0.250. The topological polar surface area (TPSA) is 129 Å². The van der Waals surface area contributed by atoms with Crippen molar-refractivity contribution in [2.24, 2.45) is 0 Å². The number of nitrogens with one attached hydrogen (secondary N) is 1. The van der Waals surface area contributed by atoms with Crippen LogP contribution in [0.1, 0.15) is 35.2 Å². The molecule has 0 spiro atoms. The van der Waals surface area contributed by atoms with E-state index in [4.69, 9.17) is 13.7 Å². The third-order valence-electron chi connectivity index (χ3n) is 4.17. The van der Waals surface area contributed by atoms with Crippen molar-refractivity contribution in [3.8, 4) is 0 Å². The van der Waals surface area contributed by atoms with E-state index < -0.39 is 33.6 Å². The van der Waals surface area contributed by atoms with E-state index in [-0.39, 0.29) is 28.5 Å². The molecule has 0 saturated carbocycles. The summed E-state index contributed by atoms with van der Waals surface area (Å²) in [5.41, 5.74) is 0.145. The number of hydrogen-bond acceptors (Lipinski definition) is 8. The molecule has 0 fully saturated rings. The van der Waals surface area contributed by atoms with Crippen molar-refractivity contribution in [1.82, 2.24) is 5.16 Å². The van der Waals surface area contributed by atoms with Gasteiger partial charge in [0.15, 0.2) is 21.8 Å². The molecular weight excluding hydrogens is 412 g/mol. The van der Waals surface area contributed by atoms with Crippen LogP contribution in [0.25, 0.3) is 0 Å². The van der Waals surface area contributed by atoms with E-state index >= 15 is 0 Å². The Balaban J connectivity index is 1.71. The molecule has 0 aliphatic rings. The zero-order valence-corrected chi connectivity index (χ0v) is 17.1. The number of esters is 1. The van der Waals surface area contributed by atoms with Crippen molar-refractivity contribution in [2.75, 3.05) is 5.32 Å². The SMILES string of the molecule is CCC(OC(=O)c1occc1CS(=O)(=O)c1ccccc1)C(=O)Nc1cc(C)on1. The summed E-state index contributed by atoms with van der Waals surface area (Å²) in [6.07, 6.45) is 0.261. The lowest BCUT2D eigenvalue weighted by atomic mass is 10.2. The first-order valence-electron chi connectivity index (χ1n) is 9.09. The smallest absolute Gasteiger partial charge is 0.375 e. The van der Waals surface area contributed by atoms with Gasteiger partial charge in [0.1, 0.15) is 5.76 Å². The number of amides is 1. The molecule has 0 radical (unpaired) electrons. The van der Waals surface area contributed by atoms with Gasteiger partial charge in [-0.3, -0.25) is 4.79 Å². The number of carbonyl (C=O) groups is 2. The lowest BCUT2D eigenvalue weighted by Crippen LogP contribution is -2.32. The van der Waals surface area contributed by atoms with Gasteiger partial charge in [-0.1, -0.05) is 30.3 Å². The lowest BCUT2D eigenvalue weighted by Gasteiger charge is -2.14. The lowest BCUT2D eigenvalue weighted by molar-refractivity contribution is -0.124. The van der Waals surface area contributed by atoms with Crippen LogP contribution in [0.3, 0.4) is 0 Å². The van der Waals surface area contributed by atoms with E-state index in [1.807, 2.05) is 0 Å². The van der Waals surface area contributed by atoms with Gasteiger partial charge < -0.3 is 19.0 Å². The number of carbonyl (C=O) groups excluding carboxylic acids is 2. The highest BCUT2D eigenvalue weighted by Gasteiger charge is 2.28. The van der Waals surface area contributed by atoms with Crippen molar-refractivity contribution in [2.45, 2.75) is 37.0 Å². The summed E-state index contributed by atoms with van der Waals surface area (Å²) in [5, 5.41) is 6.14. The van der Waals surface area contributed by atoms with Crippen LogP contribution in [0, 0.1) is 6.92 Å². The third kappa shape index (κ3) is 4.95. The zero-order valence-electron chi connectivity index (χ0n) is 16.3. The van der Waals surface area contributed by atoms with Gasteiger partial charge >= 0.3 is 5.97 Å². The first-order chi connectivity index (χ1) is 14.3. The number of anilines is 1. The second-order valence-electron chi connectivity index (χ2n) is 6.46. The number of aryl methyl sites for hydroxylation is 1. The van der Waals surface area contributed by atoms with E-state index in [1.165, 1.54) is 30.5 Å². The van der Waals surface area contributed by atoms with Gasteiger partial charge in [0.05, 0.1) is 16.9 Å². The molecule has 158 valence electrons. The Morgan fingerprint density at radius 2 is 1.93 bits per heavy atom. The van der Waals surface area contributed by atoms with Gasteiger partial charge in [-0.05, 0) is 31.5 Å². The standard InChI is InChI=1S/C20H20N2O7S/c1-3-16(19(23)21-17-11-13(2)29-22-17)28-20(24)18-14(9-10-27-18)12-30(25,26)15-7-5-4-6-8-15/h4-11,16H,3,12H2,1-2H3,(H,21,22,23). The fourth-order valence-electron chi connectivity index (χ4n) is 2.68. The summed E-state index contributed by atoms with van der Waals surface area (Å²) < 4.78 is 40.5. The Labute approximate surface area is 172 Å². The van der Waals surface area contributed by atoms with Gasteiger partial charge in [-0.2, -0.15) is 0 Å². The summed E-state index contributed by atoms with van der Waals surface area (Å²) in [6, 6.07) is 10.8. The Hall–Kier alpha value is -3.40. The van der Waals surface area contributed by atoms with E-state index in [0.717, 1.165) is 0 Å². The van der Waals surface area contributed by atoms with Crippen LogP contribution in [-0.2, 0) is 25.1 Å². The molecular formula is C20H20N2O7S. The summed E-state index contributed by atoms with van der Waals surface area (Å²) in [5.74, 6) is -1.53. The molecule has 1 aromatic carbocycles. The van der Waals surface area contributed by atoms with Gasteiger partial charge in [0.2, 0.25) is 5.76 Å². The number of nitrogens with zero attached hydrogens (tertiary/aromatic N) is 1. The van der Waals surface area contributed by atoms with Crippen LogP contribution in [0.4, 0.5) is 5.82 Å². The van der Waals surface area contributed by atoms with Gasteiger partial charge in [-0.25, -0.2) is 13.2 Å². The minimum Gasteiger partial charge on any atom is -0.457 e. The Kier molecular flexibility index (Phi) is 6.36. The molecule has 1 atom stereocenters. The summed E-state index contributed by atoms with van der Waals surface area (Å²) in [6.45, 7) is 3.33. The summed E-state index contributed by atoms with van der Waals surface area (Å²) in [7, 11) is -3.69. The average Bonchev–Trinajstić information content (AvgIpc) is 3.34. The Bertz CT molecular complexity index is 1130. The van der Waals surface area contributed by atoms with Crippen molar-refractivity contribution < 1.29 is 31.7 Å². The van der Waals surface area contributed by atoms with Crippen LogP contribution in [0.2, 0.25) is 0 Å². The number of benzene rings is 1. The number of ether oxygens (including phenoxy) is 1. The minimum atomic E-state index is -3.69. The normalized spacial score (nSPS) is 12.3. The van der Waals surface area contributed by atoms with Crippen molar-refractivity contribution >= 4 is 27.5 Å². The molecule has 3 aromatic rings. The van der Waals surface area contributed by atoms with Crippen molar-refractivity contribution in [1.29, 1.82) is 0 Å². The monoisotopic (exact) mass is 432 g/mol. The predicted octanol–water partition coefficient (Wildman–Crippen LogP) is 3.12. The number of hydrogen-bond donors (Lipinski definition) is 1. The molecule has 0 aliphatic carbocycles. The van der Waals surface area contributed by atoms with Gasteiger partial charge in [0, 0.05) is 11.6 Å². The summed E-state index contributed by atoms with van der Waals surface area (Å²) in [4.78, 5) is 25.0. The number of furan rings is 1. The largest absolute Gasteiger partial charge is 0.457 e. The van der Waals surface area contributed by atoms with Crippen molar-refractivity contribution in [3.63, 3.8) is 0 Å². The molecule has 1 unspecified atom stereocenters. The molecule has 2 heterocycles. The summed E-state index contributed by atoms with van der Waals surface area (Å²) >= 11 is 0. The third-order valence-corrected chi connectivity index (χ3v) is 5.85. The highest BCUT2D eigenvalue weighted by Crippen LogP contribution is 2.21. The highest BCUT2D eigenvalue weighted by molar-refractivity contribution is 7.90. The van der Waals surface area contributed by atoms with E-state index in [0.29, 0.717) is 5.76 Å². The quantitative estimate of drug-likeness (QED) is 0.538. The van der Waals surface area contributed by atoms with Crippen LogP contribution >= 0.6 is 0 Å². The molecule has 0 aliphatic heterocycles. The van der Waals surface area contributed by atoms with Gasteiger partial charge in [-0.15, -0.1) is 0 Å². The molecule has 9 nitrogen and oxygen atoms in total. The highest BCUT2D eigenvalue weighted by atomic mass is 32.2. The molecule has 3 rings (SSSR count). The molecule has 0 saturated heterocycles. The number of rotatable bonds is 8. The molecule has 2 aromatic heterocycles. The second kappa shape index (κ2) is 8.95. The maximum absolute atomic E-state index is 12.6. The maximum Gasteiger partial charge on any atom is 0.375 e. The van der Waals surface area contributed by atoms with Crippen molar-refractivity contribution in [3.05, 3.63) is 65.8 Å². The van der Waals surface area contributed by atoms with Crippen LogP contribution in [0.5, 0.6) is 0 Å².